The van der Waals surface area contributed by atoms with Gasteiger partial charge in [0.05, 0.1) is 18.4 Å². The van der Waals surface area contributed by atoms with Crippen LogP contribution in [-0.2, 0) is 18.6 Å². The van der Waals surface area contributed by atoms with E-state index in [1.54, 1.807) is 0 Å². The summed E-state index contributed by atoms with van der Waals surface area (Å²) in [6.45, 7) is -0.652. The monoisotopic (exact) mass is 353 g/mol. The van der Waals surface area contributed by atoms with E-state index in [-0.39, 0.29) is 0 Å². The van der Waals surface area contributed by atoms with Crippen LogP contribution in [0.15, 0.2) is 29.0 Å². The smallest absolute Gasteiger partial charge is 0.469 e. The Morgan fingerprint density at radius 2 is 1.96 bits per heavy atom. The summed E-state index contributed by atoms with van der Waals surface area (Å²) in [5, 5.41) is 36.6. The molecule has 23 heavy (non-hydrogen) atoms. The number of phosphoric ester groups is 1. The lowest BCUT2D eigenvalue weighted by atomic mass is 10.1. The fourth-order valence-corrected chi connectivity index (χ4v) is 1.95. The molecule has 0 amide bonds. The van der Waals surface area contributed by atoms with Gasteiger partial charge in [-0.1, -0.05) is 0 Å². The molecular weight excluding hydrogens is 337 g/mol. The van der Waals surface area contributed by atoms with Gasteiger partial charge in [-0.3, -0.25) is 9.52 Å². The molecule has 0 bridgehead atoms. The molecule has 1 aliphatic rings. The highest BCUT2D eigenvalue weighted by molar-refractivity contribution is 7.46. The van der Waals surface area contributed by atoms with Crippen LogP contribution in [0.2, 0.25) is 0 Å². The van der Waals surface area contributed by atoms with Gasteiger partial charge in [-0.15, -0.1) is 0 Å². The lowest BCUT2D eigenvalue weighted by Crippen LogP contribution is -2.33. The molecule has 12 heteroatoms. The zero-order valence-electron chi connectivity index (χ0n) is 11.5. The molecule has 11 nitrogen and oxygen atoms in total. The molecule has 0 aliphatic carbocycles. The largest absolute Gasteiger partial charge is 0.515 e. The number of carboxylic acid groups (broad SMARTS) is 1. The third-order valence-electron chi connectivity index (χ3n) is 2.73. The van der Waals surface area contributed by atoms with Crippen LogP contribution in [0.4, 0.5) is 0 Å². The number of aliphatic hydroxyl groups is 3. The Hall–Kier alpha value is -1.59. The van der Waals surface area contributed by atoms with Gasteiger partial charge in [0, 0.05) is 6.21 Å². The second-order valence-electron chi connectivity index (χ2n) is 4.38. The standard InChI is InChI=1S/C11H16NO10P/c13-4-6(11(16)17)2-1-3-12-10-9(15)8(14)7(22-10)5-21-23(18,19)20/h1-4,7-10,13-15H,5H2,(H,16,17)(H2,18,19,20)/t7-,8-,9-,10-/m1/s1. The van der Waals surface area contributed by atoms with Crippen LogP contribution in [0.5, 0.6) is 0 Å². The van der Waals surface area contributed by atoms with E-state index in [4.69, 9.17) is 24.7 Å². The molecule has 0 spiro atoms. The molecule has 0 aromatic carbocycles. The van der Waals surface area contributed by atoms with Crippen molar-refractivity contribution in [3.05, 3.63) is 24.0 Å². The number of aliphatic carboxylic acids is 1. The van der Waals surface area contributed by atoms with Crippen LogP contribution in [0, 0.1) is 0 Å². The number of ether oxygens (including phenoxy) is 1. The molecular formula is C11H16NO10P. The summed E-state index contributed by atoms with van der Waals surface area (Å²) in [5.41, 5.74) is -0.405. The topological polar surface area (TPSA) is 186 Å². The summed E-state index contributed by atoms with van der Waals surface area (Å²) in [6, 6.07) is 0. The molecule has 4 atom stereocenters. The van der Waals surface area contributed by atoms with Crippen molar-refractivity contribution in [3.8, 4) is 0 Å². The fraction of sp³-hybridized carbons (Fsp3) is 0.455. The maximum absolute atomic E-state index is 10.6. The summed E-state index contributed by atoms with van der Waals surface area (Å²) in [5.74, 6) is -1.36. The van der Waals surface area contributed by atoms with Gasteiger partial charge in [0.2, 0.25) is 0 Å². The number of allylic oxidation sites excluding steroid dienone is 1. The molecule has 0 saturated carbocycles. The first kappa shape index (κ1) is 19.5. The first-order valence-electron chi connectivity index (χ1n) is 6.15. The van der Waals surface area contributed by atoms with Gasteiger partial charge in [-0.25, -0.2) is 9.36 Å². The van der Waals surface area contributed by atoms with Crippen molar-refractivity contribution in [3.63, 3.8) is 0 Å². The highest BCUT2D eigenvalue weighted by atomic mass is 31.2. The van der Waals surface area contributed by atoms with E-state index in [2.05, 4.69) is 9.52 Å². The van der Waals surface area contributed by atoms with E-state index < -0.39 is 50.5 Å². The van der Waals surface area contributed by atoms with E-state index in [0.29, 0.717) is 6.26 Å². The van der Waals surface area contributed by atoms with Crippen molar-refractivity contribution in [2.24, 2.45) is 4.99 Å². The van der Waals surface area contributed by atoms with Crippen molar-refractivity contribution >= 4 is 20.0 Å². The zero-order valence-corrected chi connectivity index (χ0v) is 12.4. The van der Waals surface area contributed by atoms with Gasteiger partial charge in [0.25, 0.3) is 0 Å². The Morgan fingerprint density at radius 3 is 2.48 bits per heavy atom. The SMILES string of the molecule is O=C(O)C(C=CC=N[C@@H]1O[C@H](COP(=O)(O)O)[C@@H](O)[C@H]1O)=CO. The average molecular weight is 353 g/mol. The predicted octanol–water partition coefficient (Wildman–Crippen LogP) is -1.30. The van der Waals surface area contributed by atoms with Gasteiger partial charge in [-0.05, 0) is 12.2 Å². The highest BCUT2D eigenvalue weighted by Crippen LogP contribution is 2.37. The second kappa shape index (κ2) is 8.31. The molecule has 1 saturated heterocycles. The Morgan fingerprint density at radius 1 is 1.30 bits per heavy atom. The van der Waals surface area contributed by atoms with E-state index in [1.807, 2.05) is 0 Å². The molecule has 0 aromatic heterocycles. The quantitative estimate of drug-likeness (QED) is 0.105. The zero-order chi connectivity index (χ0) is 17.6. The number of nitrogens with zero attached hydrogens (tertiary/aromatic N) is 1. The van der Waals surface area contributed by atoms with Gasteiger partial charge in [0.15, 0.2) is 6.23 Å². The first-order valence-corrected chi connectivity index (χ1v) is 7.68. The number of hydrogen-bond donors (Lipinski definition) is 6. The summed E-state index contributed by atoms with van der Waals surface area (Å²) in [6.07, 6.45) is -1.73. The number of hydrogen-bond acceptors (Lipinski definition) is 8. The van der Waals surface area contributed by atoms with Crippen molar-refractivity contribution < 1.29 is 48.8 Å². The maximum atomic E-state index is 10.6. The van der Waals surface area contributed by atoms with E-state index in [0.717, 1.165) is 18.4 Å². The molecule has 1 heterocycles. The first-order chi connectivity index (χ1) is 10.7. The molecule has 1 fully saturated rings. The second-order valence-corrected chi connectivity index (χ2v) is 5.62. The summed E-state index contributed by atoms with van der Waals surface area (Å²) < 4.78 is 19.8. The molecule has 0 radical (unpaired) electrons. The average Bonchev–Trinajstić information content (AvgIpc) is 2.72. The van der Waals surface area contributed by atoms with Crippen molar-refractivity contribution in [1.29, 1.82) is 0 Å². The Bertz CT molecular complexity index is 553. The van der Waals surface area contributed by atoms with Crippen LogP contribution >= 0.6 is 7.82 Å². The summed E-state index contributed by atoms with van der Waals surface area (Å²) in [7, 11) is -4.74. The summed E-state index contributed by atoms with van der Waals surface area (Å²) in [4.78, 5) is 31.4. The minimum atomic E-state index is -4.74. The molecule has 130 valence electrons. The Labute approximate surface area is 130 Å². The number of phosphoric acid groups is 1. The van der Waals surface area contributed by atoms with Crippen LogP contribution in [-0.4, -0.2) is 73.5 Å². The number of carbonyl (C=O) groups is 1. The predicted molar refractivity (Wildman–Crippen MR) is 74.7 cm³/mol. The third-order valence-corrected chi connectivity index (χ3v) is 3.21. The molecule has 1 rings (SSSR count). The van der Waals surface area contributed by atoms with Crippen LogP contribution in [0.1, 0.15) is 0 Å². The molecule has 0 aromatic rings. The van der Waals surface area contributed by atoms with Gasteiger partial charge in [-0.2, -0.15) is 0 Å². The van der Waals surface area contributed by atoms with E-state index >= 15 is 0 Å². The van der Waals surface area contributed by atoms with Gasteiger partial charge < -0.3 is 34.9 Å². The van der Waals surface area contributed by atoms with Crippen molar-refractivity contribution in [2.45, 2.75) is 24.5 Å². The Balaban J connectivity index is 2.61. The molecule has 1 aliphatic heterocycles. The van der Waals surface area contributed by atoms with Crippen molar-refractivity contribution in [1.82, 2.24) is 0 Å². The summed E-state index contributed by atoms with van der Waals surface area (Å²) >= 11 is 0. The number of aliphatic hydroxyl groups excluding tert-OH is 3. The van der Waals surface area contributed by atoms with Crippen molar-refractivity contribution in [2.75, 3.05) is 6.61 Å². The lowest BCUT2D eigenvalue weighted by Gasteiger charge is -2.14. The van der Waals surface area contributed by atoms with E-state index in [9.17, 15) is 19.6 Å². The fourth-order valence-electron chi connectivity index (χ4n) is 1.61. The van der Waals surface area contributed by atoms with Crippen LogP contribution in [0.25, 0.3) is 0 Å². The number of aliphatic imine (C=N–C) groups is 1. The number of carboxylic acids is 1. The van der Waals surface area contributed by atoms with Gasteiger partial charge in [0.1, 0.15) is 18.3 Å². The van der Waals surface area contributed by atoms with E-state index in [1.165, 1.54) is 0 Å². The number of rotatable bonds is 7. The van der Waals surface area contributed by atoms with Crippen LogP contribution < -0.4 is 0 Å². The minimum absolute atomic E-state index is 0.382. The third kappa shape index (κ3) is 6.20. The highest BCUT2D eigenvalue weighted by Gasteiger charge is 2.43. The minimum Gasteiger partial charge on any atom is -0.515 e. The Kier molecular flexibility index (Phi) is 7.03. The normalized spacial score (nSPS) is 29.7. The van der Waals surface area contributed by atoms with Crippen LogP contribution in [0.3, 0.4) is 0 Å². The molecule has 0 unspecified atom stereocenters. The van der Waals surface area contributed by atoms with Gasteiger partial charge >= 0.3 is 13.8 Å². The maximum Gasteiger partial charge on any atom is 0.469 e. The molecule has 6 N–H and O–H groups in total. The lowest BCUT2D eigenvalue weighted by molar-refractivity contribution is -0.132.